The van der Waals surface area contributed by atoms with E-state index in [2.05, 4.69) is 20.3 Å². The van der Waals surface area contributed by atoms with Crippen molar-refractivity contribution >= 4 is 11.6 Å². The van der Waals surface area contributed by atoms with Gasteiger partial charge in [0, 0.05) is 31.4 Å². The number of hydrogen-bond donors (Lipinski definition) is 1. The Morgan fingerprint density at radius 1 is 1.16 bits per heavy atom. The van der Waals surface area contributed by atoms with Crippen molar-refractivity contribution in [3.05, 3.63) is 36.3 Å². The predicted octanol–water partition coefficient (Wildman–Crippen LogP) is 2.98. The third-order valence-electron chi connectivity index (χ3n) is 4.10. The molecule has 0 atom stereocenters. The Morgan fingerprint density at radius 2 is 1.92 bits per heavy atom. The molecule has 0 bridgehead atoms. The van der Waals surface area contributed by atoms with E-state index in [0.717, 1.165) is 25.1 Å². The van der Waals surface area contributed by atoms with Crippen LogP contribution in [0.2, 0.25) is 0 Å². The quantitative estimate of drug-likeness (QED) is 0.912. The number of anilines is 2. The number of nitrogens with one attached hydrogen (secondary N) is 1. The normalized spacial score (nSPS) is 15.9. The third-order valence-corrected chi connectivity index (χ3v) is 4.10. The van der Waals surface area contributed by atoms with E-state index in [9.17, 15) is 13.2 Å². The Kier molecular flexibility index (Phi) is 4.91. The molecule has 0 amide bonds. The van der Waals surface area contributed by atoms with Gasteiger partial charge in [0.15, 0.2) is 0 Å². The van der Waals surface area contributed by atoms with Gasteiger partial charge in [0.05, 0.1) is 12.7 Å². The zero-order valence-electron chi connectivity index (χ0n) is 13.6. The van der Waals surface area contributed by atoms with Gasteiger partial charge in [-0.25, -0.2) is 15.0 Å². The first-order valence-electron chi connectivity index (χ1n) is 7.86. The number of ether oxygens (including phenoxy) is 1. The zero-order valence-corrected chi connectivity index (χ0v) is 13.6. The number of hydrogen-bond acceptors (Lipinski definition) is 6. The molecule has 2 aromatic rings. The number of nitrogens with zero attached hydrogens (tertiary/aromatic N) is 4. The van der Waals surface area contributed by atoms with Gasteiger partial charge in [-0.2, -0.15) is 13.2 Å². The molecule has 1 fully saturated rings. The van der Waals surface area contributed by atoms with Crippen molar-refractivity contribution in [2.24, 2.45) is 0 Å². The van der Waals surface area contributed by atoms with Gasteiger partial charge in [-0.3, -0.25) is 0 Å². The Hall–Kier alpha value is -2.58. The van der Waals surface area contributed by atoms with Crippen molar-refractivity contribution in [2.75, 3.05) is 30.4 Å². The summed E-state index contributed by atoms with van der Waals surface area (Å²) in [6.07, 6.45) is -0.389. The summed E-state index contributed by atoms with van der Waals surface area (Å²) in [6.45, 7) is 1.41. The average Bonchev–Trinajstić information content (AvgIpc) is 2.62. The second-order valence-corrected chi connectivity index (χ2v) is 5.75. The van der Waals surface area contributed by atoms with Gasteiger partial charge in [-0.1, -0.05) is 0 Å². The molecule has 3 rings (SSSR count). The van der Waals surface area contributed by atoms with E-state index in [-0.39, 0.29) is 6.04 Å². The van der Waals surface area contributed by atoms with Crippen molar-refractivity contribution in [1.82, 2.24) is 15.0 Å². The van der Waals surface area contributed by atoms with E-state index in [4.69, 9.17) is 4.74 Å². The summed E-state index contributed by atoms with van der Waals surface area (Å²) < 4.78 is 42.8. The Balaban J connectivity index is 1.56. The van der Waals surface area contributed by atoms with Crippen molar-refractivity contribution in [3.8, 4) is 5.88 Å². The van der Waals surface area contributed by atoms with Gasteiger partial charge in [-0.05, 0) is 25.0 Å². The third kappa shape index (κ3) is 4.28. The minimum atomic E-state index is -4.36. The number of methoxy groups -OCH3 is 1. The van der Waals surface area contributed by atoms with Crippen molar-refractivity contribution in [3.63, 3.8) is 0 Å². The van der Waals surface area contributed by atoms with Crippen LogP contribution in [0, 0.1) is 0 Å². The maximum atomic E-state index is 12.6. The lowest BCUT2D eigenvalue weighted by molar-refractivity contribution is -0.137. The lowest BCUT2D eigenvalue weighted by Gasteiger charge is -2.33. The Labute approximate surface area is 143 Å². The molecule has 1 aliphatic rings. The van der Waals surface area contributed by atoms with E-state index < -0.39 is 11.7 Å². The smallest absolute Gasteiger partial charge is 0.417 e. The second-order valence-electron chi connectivity index (χ2n) is 5.75. The van der Waals surface area contributed by atoms with Crippen LogP contribution in [-0.4, -0.2) is 41.2 Å². The molecule has 0 unspecified atom stereocenters. The van der Waals surface area contributed by atoms with Gasteiger partial charge in [-0.15, -0.1) is 0 Å². The SMILES string of the molecule is COc1cc(NC2CCN(c3ccc(C(F)(F)F)cn3)CC2)ncn1. The average molecular weight is 353 g/mol. The van der Waals surface area contributed by atoms with Crippen LogP contribution in [0.1, 0.15) is 18.4 Å². The van der Waals surface area contributed by atoms with E-state index in [1.165, 1.54) is 12.4 Å². The molecular weight excluding hydrogens is 335 g/mol. The number of rotatable bonds is 4. The number of alkyl halides is 3. The molecule has 1 aliphatic heterocycles. The molecule has 0 spiro atoms. The first kappa shape index (κ1) is 17.2. The molecule has 9 heteroatoms. The molecule has 6 nitrogen and oxygen atoms in total. The number of halogens is 3. The summed E-state index contributed by atoms with van der Waals surface area (Å²) in [5.74, 6) is 1.75. The van der Waals surface area contributed by atoms with Crippen LogP contribution in [-0.2, 0) is 6.18 Å². The Morgan fingerprint density at radius 3 is 2.52 bits per heavy atom. The minimum Gasteiger partial charge on any atom is -0.481 e. The molecule has 1 saturated heterocycles. The van der Waals surface area contributed by atoms with E-state index in [1.54, 1.807) is 13.2 Å². The van der Waals surface area contributed by atoms with Crippen LogP contribution in [0.4, 0.5) is 24.8 Å². The standard InChI is InChI=1S/C16H18F3N5O/c1-25-15-8-13(21-10-22-15)23-12-4-6-24(7-5-12)14-3-2-11(9-20-14)16(17,18)19/h2-3,8-10,12H,4-7H2,1H3,(H,21,22,23). The molecule has 0 aliphatic carbocycles. The summed E-state index contributed by atoms with van der Waals surface area (Å²) >= 11 is 0. The fraction of sp³-hybridized carbons (Fsp3) is 0.438. The van der Waals surface area contributed by atoms with Crippen LogP contribution < -0.4 is 15.0 Å². The highest BCUT2D eigenvalue weighted by Crippen LogP contribution is 2.30. The Bertz CT molecular complexity index is 700. The largest absolute Gasteiger partial charge is 0.481 e. The van der Waals surface area contributed by atoms with Crippen LogP contribution in [0.3, 0.4) is 0 Å². The van der Waals surface area contributed by atoms with Crippen LogP contribution >= 0.6 is 0 Å². The second kappa shape index (κ2) is 7.12. The summed E-state index contributed by atoms with van der Waals surface area (Å²) in [5, 5.41) is 3.33. The maximum Gasteiger partial charge on any atom is 0.417 e. The monoisotopic (exact) mass is 353 g/mol. The fourth-order valence-corrected chi connectivity index (χ4v) is 2.73. The summed E-state index contributed by atoms with van der Waals surface area (Å²) in [5.41, 5.74) is -0.731. The zero-order chi connectivity index (χ0) is 17.9. The lowest BCUT2D eigenvalue weighted by atomic mass is 10.0. The number of aromatic nitrogens is 3. The maximum absolute atomic E-state index is 12.6. The minimum absolute atomic E-state index is 0.227. The molecule has 25 heavy (non-hydrogen) atoms. The number of piperidine rings is 1. The summed E-state index contributed by atoms with van der Waals surface area (Å²) in [6, 6.07) is 4.44. The molecule has 0 saturated carbocycles. The first-order chi connectivity index (χ1) is 12.0. The van der Waals surface area contributed by atoms with E-state index >= 15 is 0 Å². The van der Waals surface area contributed by atoms with Crippen molar-refractivity contribution in [2.45, 2.75) is 25.1 Å². The summed E-state index contributed by atoms with van der Waals surface area (Å²) in [7, 11) is 1.54. The number of pyridine rings is 1. The van der Waals surface area contributed by atoms with Crippen LogP contribution in [0.15, 0.2) is 30.7 Å². The molecule has 0 aromatic carbocycles. The molecule has 2 aromatic heterocycles. The highest BCUT2D eigenvalue weighted by atomic mass is 19.4. The van der Waals surface area contributed by atoms with Gasteiger partial charge in [0.1, 0.15) is 18.0 Å². The van der Waals surface area contributed by atoms with Gasteiger partial charge >= 0.3 is 6.18 Å². The molecule has 1 N–H and O–H groups in total. The van der Waals surface area contributed by atoms with Crippen LogP contribution in [0.5, 0.6) is 5.88 Å². The fourth-order valence-electron chi connectivity index (χ4n) is 2.73. The lowest BCUT2D eigenvalue weighted by Crippen LogP contribution is -2.39. The molecular formula is C16H18F3N5O. The molecule has 0 radical (unpaired) electrons. The van der Waals surface area contributed by atoms with E-state index in [1.807, 2.05) is 4.90 Å². The van der Waals surface area contributed by atoms with Gasteiger partial charge in [0.25, 0.3) is 0 Å². The summed E-state index contributed by atoms with van der Waals surface area (Å²) in [4.78, 5) is 14.0. The highest BCUT2D eigenvalue weighted by Gasteiger charge is 2.31. The first-order valence-corrected chi connectivity index (χ1v) is 7.86. The van der Waals surface area contributed by atoms with Crippen LogP contribution in [0.25, 0.3) is 0 Å². The van der Waals surface area contributed by atoms with E-state index in [0.29, 0.717) is 30.6 Å². The van der Waals surface area contributed by atoms with Crippen molar-refractivity contribution in [1.29, 1.82) is 0 Å². The van der Waals surface area contributed by atoms with Gasteiger partial charge < -0.3 is 15.0 Å². The topological polar surface area (TPSA) is 63.2 Å². The molecule has 3 heterocycles. The van der Waals surface area contributed by atoms with Crippen molar-refractivity contribution < 1.29 is 17.9 Å². The highest BCUT2D eigenvalue weighted by molar-refractivity contribution is 5.42. The predicted molar refractivity (Wildman–Crippen MR) is 86.7 cm³/mol. The van der Waals surface area contributed by atoms with Gasteiger partial charge in [0.2, 0.25) is 5.88 Å². The molecule has 134 valence electrons.